The highest BCUT2D eigenvalue weighted by atomic mass is 35.5. The van der Waals surface area contributed by atoms with Gasteiger partial charge in [-0.3, -0.25) is 9.78 Å². The number of hydrogen-bond donors (Lipinski definition) is 0. The second-order valence-corrected chi connectivity index (χ2v) is 13.0. The Morgan fingerprint density at radius 1 is 1.02 bits per heavy atom. The van der Waals surface area contributed by atoms with Gasteiger partial charge in [-0.25, -0.2) is 19.2 Å². The van der Waals surface area contributed by atoms with E-state index < -0.39 is 17.3 Å². The molecule has 0 bridgehead atoms. The average molecular weight is 655 g/mol. The number of nitrogens with zero attached hydrogens (tertiary/aromatic N) is 6. The number of aromatic nitrogens is 4. The van der Waals surface area contributed by atoms with Crippen LogP contribution in [-0.4, -0.2) is 68.6 Å². The molecule has 0 radical (unpaired) electrons. The number of benzene rings is 1. The van der Waals surface area contributed by atoms with Crippen LogP contribution in [0, 0.1) is 26.6 Å². The maximum Gasteiger partial charge on any atom is 0.339 e. The summed E-state index contributed by atoms with van der Waals surface area (Å²) in [5.74, 6) is -0.349. The zero-order valence-electron chi connectivity index (χ0n) is 27.3. The molecule has 4 aromatic heterocycles. The SMILES string of the molecule is COC(=O)c1c(C)cc(N2CCN(C(=O)c3ccc4c(-c5ccc(Cl)c(F)c5)cn(Cc5ccc(C)cn5)c4n3)C(C)(C)C2)nc1C. The molecule has 1 saturated heterocycles. The number of aryl methyl sites for hydroxylation is 3. The largest absolute Gasteiger partial charge is 0.465 e. The number of halogens is 2. The molecular formula is C36H36ClFN6O3. The number of piperazine rings is 1. The van der Waals surface area contributed by atoms with Crippen LogP contribution in [-0.2, 0) is 11.3 Å². The maximum absolute atomic E-state index is 14.5. The van der Waals surface area contributed by atoms with E-state index in [4.69, 9.17) is 26.3 Å². The first kappa shape index (κ1) is 32.1. The van der Waals surface area contributed by atoms with Crippen LogP contribution in [0.4, 0.5) is 10.2 Å². The molecule has 9 nitrogen and oxygen atoms in total. The predicted octanol–water partition coefficient (Wildman–Crippen LogP) is 6.79. The van der Waals surface area contributed by atoms with Gasteiger partial charge in [0.15, 0.2) is 0 Å². The van der Waals surface area contributed by atoms with Crippen LogP contribution in [0.15, 0.2) is 60.9 Å². The molecule has 0 unspecified atom stereocenters. The van der Waals surface area contributed by atoms with Crippen LogP contribution in [0.2, 0.25) is 5.02 Å². The summed E-state index contributed by atoms with van der Waals surface area (Å²) in [7, 11) is 1.36. The van der Waals surface area contributed by atoms with Crippen molar-refractivity contribution in [1.29, 1.82) is 0 Å². The molecular weight excluding hydrogens is 619 g/mol. The minimum atomic E-state index is -0.559. The standard InChI is InChI=1S/C36H36ClFN6O3/c1-21-7-9-25(39-17-21)18-43-19-27(24-8-11-28(37)29(38)16-24)26-10-12-30(41-33(26)43)34(45)44-14-13-42(20-36(44,4)5)31-15-22(2)32(23(3)40-31)35(46)47-6/h7-12,15-17,19H,13-14,18,20H2,1-6H3. The van der Waals surface area contributed by atoms with Crippen molar-refractivity contribution in [2.45, 2.75) is 46.7 Å². The van der Waals surface area contributed by atoms with Gasteiger partial charge in [-0.2, -0.15) is 0 Å². The Balaban J connectivity index is 1.32. The molecule has 1 amide bonds. The number of anilines is 1. The van der Waals surface area contributed by atoms with Crippen molar-refractivity contribution in [3.63, 3.8) is 0 Å². The maximum atomic E-state index is 14.5. The molecule has 11 heteroatoms. The van der Waals surface area contributed by atoms with E-state index in [0.717, 1.165) is 33.6 Å². The Bertz CT molecular complexity index is 2000. The first-order valence-electron chi connectivity index (χ1n) is 15.4. The normalized spacial score (nSPS) is 14.5. The lowest BCUT2D eigenvalue weighted by molar-refractivity contribution is 0.0506. The predicted molar refractivity (Wildman–Crippen MR) is 181 cm³/mol. The van der Waals surface area contributed by atoms with Crippen LogP contribution in [0.1, 0.15) is 57.2 Å². The number of carbonyl (C=O) groups is 2. The van der Waals surface area contributed by atoms with Gasteiger partial charge in [-0.1, -0.05) is 23.7 Å². The summed E-state index contributed by atoms with van der Waals surface area (Å²) in [4.78, 5) is 44.5. The molecule has 5 aromatic rings. The number of ether oxygens (including phenoxy) is 1. The minimum absolute atomic E-state index is 0.0503. The zero-order chi connectivity index (χ0) is 33.6. The lowest BCUT2D eigenvalue weighted by Crippen LogP contribution is -2.61. The third-order valence-electron chi connectivity index (χ3n) is 8.72. The number of esters is 1. The number of fused-ring (bicyclic) bond motifs is 1. The van der Waals surface area contributed by atoms with Crippen LogP contribution in [0.5, 0.6) is 0 Å². The highest BCUT2D eigenvalue weighted by Gasteiger charge is 2.38. The fraction of sp³-hybridized carbons (Fsp3) is 0.306. The number of rotatable bonds is 6. The molecule has 0 aliphatic carbocycles. The van der Waals surface area contributed by atoms with Crippen molar-refractivity contribution in [2.24, 2.45) is 0 Å². The van der Waals surface area contributed by atoms with E-state index in [1.807, 2.05) is 73.8 Å². The number of carbonyl (C=O) groups excluding carboxylic acids is 2. The molecule has 1 fully saturated rings. The lowest BCUT2D eigenvalue weighted by Gasteiger charge is -2.47. The summed E-state index contributed by atoms with van der Waals surface area (Å²) >= 11 is 5.98. The molecule has 0 N–H and O–H groups in total. The van der Waals surface area contributed by atoms with Gasteiger partial charge in [0, 0.05) is 43.0 Å². The molecule has 6 rings (SSSR count). The molecule has 1 aliphatic heterocycles. The second kappa shape index (κ2) is 12.4. The number of hydrogen-bond acceptors (Lipinski definition) is 7. The van der Waals surface area contributed by atoms with E-state index in [0.29, 0.717) is 54.3 Å². The quantitative estimate of drug-likeness (QED) is 0.186. The molecule has 1 aliphatic rings. The number of pyridine rings is 3. The third kappa shape index (κ3) is 6.17. The van der Waals surface area contributed by atoms with Crippen molar-refractivity contribution in [1.82, 2.24) is 24.4 Å². The average Bonchev–Trinajstić information content (AvgIpc) is 3.39. The van der Waals surface area contributed by atoms with Crippen LogP contribution < -0.4 is 4.90 Å². The molecule has 5 heterocycles. The van der Waals surface area contributed by atoms with Gasteiger partial charge in [0.05, 0.1) is 41.2 Å². The zero-order valence-corrected chi connectivity index (χ0v) is 28.0. The molecule has 47 heavy (non-hydrogen) atoms. The summed E-state index contributed by atoms with van der Waals surface area (Å²) < 4.78 is 21.4. The van der Waals surface area contributed by atoms with Gasteiger partial charge in [0.1, 0.15) is 23.0 Å². The Labute approximate surface area is 278 Å². The summed E-state index contributed by atoms with van der Waals surface area (Å²) in [5.41, 5.74) is 5.53. The second-order valence-electron chi connectivity index (χ2n) is 12.6. The summed E-state index contributed by atoms with van der Waals surface area (Å²) in [6, 6.07) is 14.2. The lowest BCUT2D eigenvalue weighted by atomic mass is 9.97. The van der Waals surface area contributed by atoms with Gasteiger partial charge >= 0.3 is 5.97 Å². The fourth-order valence-electron chi connectivity index (χ4n) is 6.31. The van der Waals surface area contributed by atoms with E-state index in [2.05, 4.69) is 9.88 Å². The number of amides is 1. The smallest absolute Gasteiger partial charge is 0.339 e. The highest BCUT2D eigenvalue weighted by Crippen LogP contribution is 2.34. The van der Waals surface area contributed by atoms with E-state index in [1.54, 1.807) is 19.1 Å². The van der Waals surface area contributed by atoms with Crippen molar-refractivity contribution in [3.05, 3.63) is 106 Å². The summed E-state index contributed by atoms with van der Waals surface area (Å²) in [5, 5.41) is 0.834. The first-order valence-corrected chi connectivity index (χ1v) is 15.7. The van der Waals surface area contributed by atoms with Gasteiger partial charge in [-0.05, 0) is 87.7 Å². The van der Waals surface area contributed by atoms with E-state index in [-0.39, 0.29) is 10.9 Å². The first-order chi connectivity index (χ1) is 22.4. The van der Waals surface area contributed by atoms with Crippen LogP contribution in [0.25, 0.3) is 22.2 Å². The van der Waals surface area contributed by atoms with Crippen molar-refractivity contribution < 1.29 is 18.7 Å². The Kier molecular flexibility index (Phi) is 8.48. The minimum Gasteiger partial charge on any atom is -0.465 e. The third-order valence-corrected chi connectivity index (χ3v) is 9.03. The van der Waals surface area contributed by atoms with Crippen LogP contribution in [0.3, 0.4) is 0 Å². The Hall–Kier alpha value is -4.83. The van der Waals surface area contributed by atoms with Crippen molar-refractivity contribution >= 4 is 40.3 Å². The molecule has 0 spiro atoms. The van der Waals surface area contributed by atoms with Gasteiger partial charge in [0.25, 0.3) is 5.91 Å². The molecule has 242 valence electrons. The summed E-state index contributed by atoms with van der Waals surface area (Å²) in [6.45, 7) is 11.7. The van der Waals surface area contributed by atoms with Crippen molar-refractivity contribution in [3.8, 4) is 11.1 Å². The van der Waals surface area contributed by atoms with Gasteiger partial charge < -0.3 is 19.1 Å². The van der Waals surface area contributed by atoms with E-state index in [9.17, 15) is 14.0 Å². The van der Waals surface area contributed by atoms with Gasteiger partial charge in [-0.15, -0.1) is 0 Å². The Morgan fingerprint density at radius 2 is 1.81 bits per heavy atom. The van der Waals surface area contributed by atoms with Crippen molar-refractivity contribution in [2.75, 3.05) is 31.6 Å². The summed E-state index contributed by atoms with van der Waals surface area (Å²) in [6.07, 6.45) is 3.73. The molecule has 0 atom stereocenters. The van der Waals surface area contributed by atoms with Crippen LogP contribution >= 0.6 is 11.6 Å². The fourth-order valence-corrected chi connectivity index (χ4v) is 6.43. The molecule has 1 aromatic carbocycles. The number of methoxy groups -OCH3 is 1. The Morgan fingerprint density at radius 3 is 2.47 bits per heavy atom. The topological polar surface area (TPSA) is 93.5 Å². The highest BCUT2D eigenvalue weighted by molar-refractivity contribution is 6.30. The van der Waals surface area contributed by atoms with E-state index in [1.165, 1.54) is 19.2 Å². The van der Waals surface area contributed by atoms with Gasteiger partial charge in [0.2, 0.25) is 0 Å². The van der Waals surface area contributed by atoms with E-state index >= 15 is 0 Å². The monoisotopic (exact) mass is 654 g/mol. The molecule has 0 saturated carbocycles.